The summed E-state index contributed by atoms with van der Waals surface area (Å²) in [7, 11) is 0. The van der Waals surface area contributed by atoms with Crippen molar-refractivity contribution in [2.45, 2.75) is 12.6 Å². The number of nitrogens with one attached hydrogen (secondary N) is 1. The van der Waals surface area contributed by atoms with Crippen LogP contribution in [0.15, 0.2) is 24.3 Å². The standard InChI is InChI=1S/C15H20N4/c16-9-13-2-1-3-14(8-13)12-18-4-6-19(7-5-18)15-10-17-11-15/h1-3,8,15,17H,4-7,10-12H2. The van der Waals surface area contributed by atoms with E-state index in [4.69, 9.17) is 5.26 Å². The Balaban J connectivity index is 1.52. The normalized spacial score (nSPS) is 21.8. The van der Waals surface area contributed by atoms with Crippen LogP contribution in [0.25, 0.3) is 0 Å². The first-order valence-corrected chi connectivity index (χ1v) is 7.01. The third-order valence-electron chi connectivity index (χ3n) is 4.15. The molecule has 19 heavy (non-hydrogen) atoms. The molecule has 1 N–H and O–H groups in total. The number of nitrogens with zero attached hydrogens (tertiary/aromatic N) is 3. The lowest BCUT2D eigenvalue weighted by atomic mass is 10.1. The van der Waals surface area contributed by atoms with E-state index in [0.29, 0.717) is 0 Å². The first kappa shape index (κ1) is 12.6. The Morgan fingerprint density at radius 1 is 1.21 bits per heavy atom. The lowest BCUT2D eigenvalue weighted by molar-refractivity contribution is 0.0695. The highest BCUT2D eigenvalue weighted by Crippen LogP contribution is 2.13. The van der Waals surface area contributed by atoms with Gasteiger partial charge in [-0.1, -0.05) is 12.1 Å². The van der Waals surface area contributed by atoms with Crippen LogP contribution in [0.3, 0.4) is 0 Å². The minimum Gasteiger partial charge on any atom is -0.314 e. The van der Waals surface area contributed by atoms with Crippen LogP contribution in [0.4, 0.5) is 0 Å². The monoisotopic (exact) mass is 256 g/mol. The van der Waals surface area contributed by atoms with E-state index >= 15 is 0 Å². The third-order valence-corrected chi connectivity index (χ3v) is 4.15. The van der Waals surface area contributed by atoms with Crippen molar-refractivity contribution in [1.29, 1.82) is 5.26 Å². The Hall–Kier alpha value is -1.41. The average Bonchev–Trinajstić information content (AvgIpc) is 2.39. The highest BCUT2D eigenvalue weighted by Gasteiger charge is 2.27. The molecule has 0 amide bonds. The van der Waals surface area contributed by atoms with Crippen molar-refractivity contribution < 1.29 is 0 Å². The van der Waals surface area contributed by atoms with Gasteiger partial charge in [-0.25, -0.2) is 0 Å². The van der Waals surface area contributed by atoms with Gasteiger partial charge in [-0.15, -0.1) is 0 Å². The molecule has 0 aliphatic carbocycles. The van der Waals surface area contributed by atoms with E-state index < -0.39 is 0 Å². The summed E-state index contributed by atoms with van der Waals surface area (Å²) >= 11 is 0. The zero-order chi connectivity index (χ0) is 13.1. The Kier molecular flexibility index (Phi) is 3.79. The number of rotatable bonds is 3. The smallest absolute Gasteiger partial charge is 0.0991 e. The zero-order valence-electron chi connectivity index (χ0n) is 11.2. The van der Waals surface area contributed by atoms with Gasteiger partial charge in [-0.05, 0) is 17.7 Å². The number of piperazine rings is 1. The summed E-state index contributed by atoms with van der Waals surface area (Å²) in [5, 5.41) is 12.3. The molecule has 0 unspecified atom stereocenters. The van der Waals surface area contributed by atoms with Gasteiger partial charge in [-0.2, -0.15) is 5.26 Å². The van der Waals surface area contributed by atoms with Gasteiger partial charge in [-0.3, -0.25) is 9.80 Å². The fraction of sp³-hybridized carbons (Fsp3) is 0.533. The van der Waals surface area contributed by atoms with Crippen LogP contribution >= 0.6 is 0 Å². The van der Waals surface area contributed by atoms with Crippen molar-refractivity contribution in [2.24, 2.45) is 0 Å². The molecular weight excluding hydrogens is 236 g/mol. The van der Waals surface area contributed by atoms with Gasteiger partial charge in [0.15, 0.2) is 0 Å². The summed E-state index contributed by atoms with van der Waals surface area (Å²) in [5.74, 6) is 0. The molecule has 0 atom stereocenters. The van der Waals surface area contributed by atoms with Gasteiger partial charge < -0.3 is 5.32 Å². The number of benzene rings is 1. The van der Waals surface area contributed by atoms with Crippen molar-refractivity contribution >= 4 is 0 Å². The van der Waals surface area contributed by atoms with E-state index in [-0.39, 0.29) is 0 Å². The molecule has 4 nitrogen and oxygen atoms in total. The van der Waals surface area contributed by atoms with E-state index in [1.54, 1.807) is 0 Å². The molecule has 2 aliphatic rings. The molecule has 2 fully saturated rings. The molecule has 1 aromatic carbocycles. The van der Waals surface area contributed by atoms with E-state index in [1.807, 2.05) is 18.2 Å². The minimum atomic E-state index is 0.761. The quantitative estimate of drug-likeness (QED) is 0.862. The summed E-state index contributed by atoms with van der Waals surface area (Å²) in [6.45, 7) is 7.88. The third kappa shape index (κ3) is 2.95. The maximum atomic E-state index is 8.92. The molecular formula is C15H20N4. The molecule has 0 saturated carbocycles. The van der Waals surface area contributed by atoms with Crippen LogP contribution in [-0.2, 0) is 6.54 Å². The van der Waals surface area contributed by atoms with Crippen LogP contribution < -0.4 is 5.32 Å². The second kappa shape index (κ2) is 5.70. The largest absolute Gasteiger partial charge is 0.314 e. The summed E-state index contributed by atoms with van der Waals surface area (Å²) in [6, 6.07) is 10.9. The molecule has 2 aliphatic heterocycles. The molecule has 0 radical (unpaired) electrons. The van der Waals surface area contributed by atoms with E-state index in [0.717, 1.165) is 44.3 Å². The molecule has 0 aromatic heterocycles. The van der Waals surface area contributed by atoms with Crippen molar-refractivity contribution in [1.82, 2.24) is 15.1 Å². The van der Waals surface area contributed by atoms with Crippen molar-refractivity contribution in [3.8, 4) is 6.07 Å². The van der Waals surface area contributed by atoms with Gasteiger partial charge in [0.25, 0.3) is 0 Å². The summed E-state index contributed by atoms with van der Waals surface area (Å²) in [5.41, 5.74) is 2.01. The van der Waals surface area contributed by atoms with Crippen molar-refractivity contribution in [3.05, 3.63) is 35.4 Å². The molecule has 2 heterocycles. The first-order chi connectivity index (χ1) is 9.35. The molecule has 100 valence electrons. The maximum absolute atomic E-state index is 8.92. The van der Waals surface area contributed by atoms with E-state index in [1.165, 1.54) is 18.7 Å². The van der Waals surface area contributed by atoms with Crippen LogP contribution in [-0.4, -0.2) is 55.1 Å². The molecule has 0 bridgehead atoms. The highest BCUT2D eigenvalue weighted by molar-refractivity contribution is 5.32. The fourth-order valence-electron chi connectivity index (χ4n) is 2.82. The topological polar surface area (TPSA) is 42.3 Å². The second-order valence-electron chi connectivity index (χ2n) is 5.44. The van der Waals surface area contributed by atoms with Gasteiger partial charge >= 0.3 is 0 Å². The fourth-order valence-corrected chi connectivity index (χ4v) is 2.82. The van der Waals surface area contributed by atoms with Gasteiger partial charge in [0.1, 0.15) is 0 Å². The Labute approximate surface area is 114 Å². The Morgan fingerprint density at radius 3 is 2.63 bits per heavy atom. The van der Waals surface area contributed by atoms with Crippen LogP contribution in [0, 0.1) is 11.3 Å². The lowest BCUT2D eigenvalue weighted by Crippen LogP contribution is -2.61. The summed E-state index contributed by atoms with van der Waals surface area (Å²) < 4.78 is 0. The lowest BCUT2D eigenvalue weighted by Gasteiger charge is -2.43. The van der Waals surface area contributed by atoms with Crippen LogP contribution in [0.5, 0.6) is 0 Å². The zero-order valence-corrected chi connectivity index (χ0v) is 11.2. The summed E-state index contributed by atoms with van der Waals surface area (Å²) in [6.07, 6.45) is 0. The van der Waals surface area contributed by atoms with Crippen molar-refractivity contribution in [2.75, 3.05) is 39.3 Å². The minimum absolute atomic E-state index is 0.761. The Morgan fingerprint density at radius 2 is 2.00 bits per heavy atom. The molecule has 2 saturated heterocycles. The first-order valence-electron chi connectivity index (χ1n) is 7.01. The van der Waals surface area contributed by atoms with Gasteiger partial charge in [0.2, 0.25) is 0 Å². The molecule has 1 aromatic rings. The number of hydrogen-bond donors (Lipinski definition) is 1. The number of hydrogen-bond acceptors (Lipinski definition) is 4. The SMILES string of the molecule is N#Cc1cccc(CN2CCN(C3CNC3)CC2)c1. The van der Waals surface area contributed by atoms with Crippen molar-refractivity contribution in [3.63, 3.8) is 0 Å². The van der Waals surface area contributed by atoms with E-state index in [9.17, 15) is 0 Å². The summed E-state index contributed by atoms with van der Waals surface area (Å²) in [4.78, 5) is 5.08. The molecule has 4 heteroatoms. The average molecular weight is 256 g/mol. The highest BCUT2D eigenvalue weighted by atomic mass is 15.3. The maximum Gasteiger partial charge on any atom is 0.0991 e. The predicted octanol–water partition coefficient (Wildman–Crippen LogP) is 0.648. The van der Waals surface area contributed by atoms with Gasteiger partial charge in [0.05, 0.1) is 11.6 Å². The number of nitriles is 1. The van der Waals surface area contributed by atoms with Gasteiger partial charge in [0, 0.05) is 51.9 Å². The second-order valence-corrected chi connectivity index (χ2v) is 5.44. The molecule has 3 rings (SSSR count). The Bertz CT molecular complexity index is 467. The predicted molar refractivity (Wildman–Crippen MR) is 74.7 cm³/mol. The van der Waals surface area contributed by atoms with E-state index in [2.05, 4.69) is 27.3 Å². The van der Waals surface area contributed by atoms with Crippen LogP contribution in [0.2, 0.25) is 0 Å². The van der Waals surface area contributed by atoms with Crippen LogP contribution in [0.1, 0.15) is 11.1 Å². The molecule has 0 spiro atoms.